The minimum atomic E-state index is -0.0318. The molecule has 0 aliphatic heterocycles. The summed E-state index contributed by atoms with van der Waals surface area (Å²) in [6.45, 7) is 4.40. The highest BCUT2D eigenvalue weighted by molar-refractivity contribution is 7.64. The van der Waals surface area contributed by atoms with Gasteiger partial charge in [-0.3, -0.25) is 0 Å². The van der Waals surface area contributed by atoms with Gasteiger partial charge in [0.1, 0.15) is 0 Å². The summed E-state index contributed by atoms with van der Waals surface area (Å²) in [5, 5.41) is 1.31. The summed E-state index contributed by atoms with van der Waals surface area (Å²) >= 11 is 0. The highest BCUT2D eigenvalue weighted by Gasteiger charge is 1.92. The van der Waals surface area contributed by atoms with Gasteiger partial charge in [0, 0.05) is 0 Å². The van der Waals surface area contributed by atoms with Crippen LogP contribution in [0.1, 0.15) is 1.37 Å². The second-order valence-corrected chi connectivity index (χ2v) is 4.46. The summed E-state index contributed by atoms with van der Waals surface area (Å²) in [5.41, 5.74) is 0. The lowest BCUT2D eigenvalue weighted by molar-refractivity contribution is 1.77. The van der Waals surface area contributed by atoms with Crippen molar-refractivity contribution in [1.29, 1.82) is 0 Å². The van der Waals surface area contributed by atoms with Crippen molar-refractivity contribution in [2.24, 2.45) is 0 Å². The molecule has 0 N–H and O–H groups in total. The second-order valence-electron chi connectivity index (χ2n) is 2.16. The van der Waals surface area contributed by atoms with Crippen LogP contribution in [-0.4, -0.2) is 13.3 Å². The van der Waals surface area contributed by atoms with Crippen molar-refractivity contribution < 1.29 is 1.37 Å². The van der Waals surface area contributed by atoms with Crippen LogP contribution in [0.15, 0.2) is 30.3 Å². The quantitative estimate of drug-likeness (QED) is 0.522. The predicted molar refractivity (Wildman–Crippen MR) is 44.8 cm³/mol. The Morgan fingerprint density at radius 1 is 1.33 bits per heavy atom. The Morgan fingerprint density at radius 3 is 2.56 bits per heavy atom. The lowest BCUT2D eigenvalue weighted by atomic mass is 10.4. The molecule has 0 amide bonds. The fourth-order valence-corrected chi connectivity index (χ4v) is 1.38. The van der Waals surface area contributed by atoms with Crippen molar-refractivity contribution >= 4 is 13.2 Å². The zero-order valence-corrected chi connectivity index (χ0v) is 6.65. The summed E-state index contributed by atoms with van der Waals surface area (Å²) in [6.07, 6.45) is 0. The maximum absolute atomic E-state index is 7.34. The third-order valence-electron chi connectivity index (χ3n) is 1.21. The lowest BCUT2D eigenvalue weighted by Gasteiger charge is -2.02. The average Bonchev–Trinajstić information content (AvgIpc) is 1.88. The van der Waals surface area contributed by atoms with Gasteiger partial charge in [0.15, 0.2) is 0 Å². The topological polar surface area (TPSA) is 0 Å². The van der Waals surface area contributed by atoms with Crippen LogP contribution in [0.3, 0.4) is 0 Å². The first-order valence-corrected chi connectivity index (χ1v) is 5.18. The van der Waals surface area contributed by atoms with Gasteiger partial charge in [-0.05, 0) is 18.6 Å². The molecule has 1 aromatic carbocycles. The molecule has 0 saturated carbocycles. The van der Waals surface area contributed by atoms with Gasteiger partial charge in [0.2, 0.25) is 0 Å². The smallest absolute Gasteiger partial charge is 0.0623 e. The molecule has 1 rings (SSSR count). The van der Waals surface area contributed by atoms with E-state index in [0.717, 1.165) is 0 Å². The molecule has 0 heterocycles. The lowest BCUT2D eigenvalue weighted by Crippen LogP contribution is -1.95. The van der Waals surface area contributed by atoms with Crippen LogP contribution in [0.25, 0.3) is 0 Å². The zero-order chi connectivity index (χ0) is 7.56. The maximum atomic E-state index is 7.34. The molecule has 1 heteroatoms. The van der Waals surface area contributed by atoms with Gasteiger partial charge < -0.3 is 0 Å². The molecular weight excluding hydrogens is 127 g/mol. The average molecular weight is 139 g/mol. The van der Waals surface area contributed by atoms with Gasteiger partial charge in [0.05, 0.1) is 1.37 Å². The highest BCUT2D eigenvalue weighted by Crippen LogP contribution is 2.22. The van der Waals surface area contributed by atoms with Gasteiger partial charge in [0.25, 0.3) is 0 Å². The molecule has 48 valence electrons. The molecule has 0 fully saturated rings. The Hall–Kier alpha value is -0.350. The first-order chi connectivity index (χ1) is 4.70. The van der Waals surface area contributed by atoms with E-state index >= 15 is 0 Å². The molecule has 0 aliphatic rings. The van der Waals surface area contributed by atoms with E-state index in [9.17, 15) is 0 Å². The van der Waals surface area contributed by atoms with Crippen LogP contribution in [-0.2, 0) is 0 Å². The minimum absolute atomic E-state index is 0.0318. The Balaban J connectivity index is 2.96. The van der Waals surface area contributed by atoms with E-state index < -0.39 is 0 Å². The van der Waals surface area contributed by atoms with Crippen LogP contribution < -0.4 is 5.30 Å². The van der Waals surface area contributed by atoms with Crippen LogP contribution in [0.2, 0.25) is 0 Å². The number of rotatable bonds is 1. The first kappa shape index (κ1) is 5.44. The minimum Gasteiger partial charge on any atom is -0.0817 e. The normalized spacial score (nSPS) is 11.7. The predicted octanol–water partition coefficient (Wildman–Crippen LogP) is 2.05. The molecule has 1 aromatic rings. The van der Waals surface area contributed by atoms with Gasteiger partial charge in [-0.15, -0.1) is 0 Å². The summed E-state index contributed by atoms with van der Waals surface area (Å²) < 4.78 is 7.34. The summed E-state index contributed by atoms with van der Waals surface area (Å²) in [7, 11) is -0.0318. The molecular formula is C8H11P. The van der Waals surface area contributed by atoms with Crippen molar-refractivity contribution in [3.63, 3.8) is 0 Å². The maximum Gasteiger partial charge on any atom is 0.0623 e. The van der Waals surface area contributed by atoms with E-state index in [0.29, 0.717) is 6.04 Å². The summed E-state index contributed by atoms with van der Waals surface area (Å²) in [5.74, 6) is 0. The summed E-state index contributed by atoms with van der Waals surface area (Å²) in [4.78, 5) is 0. The van der Waals surface area contributed by atoms with Gasteiger partial charge in [-0.2, -0.15) is 0 Å². The largest absolute Gasteiger partial charge is 0.0817 e. The highest BCUT2D eigenvalue weighted by atomic mass is 31.1. The number of benzene rings is 1. The molecule has 0 saturated heterocycles. The van der Waals surface area contributed by atoms with E-state index in [1.807, 2.05) is 18.2 Å². The van der Waals surface area contributed by atoms with E-state index in [1.54, 1.807) is 0 Å². The zero-order valence-electron chi connectivity index (χ0n) is 6.76. The van der Waals surface area contributed by atoms with E-state index in [-0.39, 0.29) is 7.92 Å². The standard InChI is InChI=1S/C8H11P/c1-9(2)8-6-4-3-5-7-8/h3-7H,1-2H3/i4D. The van der Waals surface area contributed by atoms with Gasteiger partial charge in [-0.1, -0.05) is 38.2 Å². The second kappa shape index (κ2) is 2.98. The SMILES string of the molecule is [2H]c1cccc(P(C)C)c1. The van der Waals surface area contributed by atoms with Gasteiger partial charge >= 0.3 is 0 Å². The van der Waals surface area contributed by atoms with Crippen LogP contribution in [0.5, 0.6) is 0 Å². The molecule has 0 bridgehead atoms. The van der Waals surface area contributed by atoms with Crippen LogP contribution in [0.4, 0.5) is 0 Å². The molecule has 0 radical (unpaired) electrons. The van der Waals surface area contributed by atoms with E-state index in [1.165, 1.54) is 5.30 Å². The van der Waals surface area contributed by atoms with Crippen molar-refractivity contribution in [3.8, 4) is 0 Å². The number of hydrogen-bond donors (Lipinski definition) is 0. The third-order valence-corrected chi connectivity index (χ3v) is 2.52. The van der Waals surface area contributed by atoms with Crippen molar-refractivity contribution in [3.05, 3.63) is 30.3 Å². The third kappa shape index (κ3) is 1.80. The molecule has 0 spiro atoms. The Bertz CT molecular complexity index is 220. The van der Waals surface area contributed by atoms with Gasteiger partial charge in [-0.25, -0.2) is 0 Å². The van der Waals surface area contributed by atoms with E-state index in [2.05, 4.69) is 19.4 Å². The Morgan fingerprint density at radius 2 is 2.11 bits per heavy atom. The molecule has 0 unspecified atom stereocenters. The molecule has 0 aromatic heterocycles. The molecule has 9 heavy (non-hydrogen) atoms. The van der Waals surface area contributed by atoms with Crippen molar-refractivity contribution in [2.75, 3.05) is 13.3 Å². The van der Waals surface area contributed by atoms with Crippen molar-refractivity contribution in [2.45, 2.75) is 0 Å². The number of hydrogen-bond acceptors (Lipinski definition) is 0. The van der Waals surface area contributed by atoms with Crippen molar-refractivity contribution in [1.82, 2.24) is 0 Å². The Labute approximate surface area is 59.1 Å². The molecule has 0 aliphatic carbocycles. The van der Waals surface area contributed by atoms with E-state index in [4.69, 9.17) is 1.37 Å². The first-order valence-electron chi connectivity index (χ1n) is 3.44. The molecule has 0 atom stereocenters. The molecule has 0 nitrogen and oxygen atoms in total. The van der Waals surface area contributed by atoms with Crippen LogP contribution in [0, 0.1) is 0 Å². The summed E-state index contributed by atoms with van der Waals surface area (Å²) in [6, 6.07) is 8.39. The monoisotopic (exact) mass is 139 g/mol. The fourth-order valence-electron chi connectivity index (χ4n) is 0.662. The Kier molecular flexibility index (Phi) is 1.80. The fraction of sp³-hybridized carbons (Fsp3) is 0.250. The van der Waals surface area contributed by atoms with Crippen LogP contribution >= 0.6 is 7.92 Å².